The van der Waals surface area contributed by atoms with Crippen LogP contribution in [0.2, 0.25) is 0 Å². The van der Waals surface area contributed by atoms with E-state index >= 15 is 0 Å². The molecule has 0 spiro atoms. The largest absolute Gasteiger partial charge is 0.481 e. The number of amides is 1. The van der Waals surface area contributed by atoms with E-state index in [-0.39, 0.29) is 17.9 Å². The molecule has 1 saturated carbocycles. The van der Waals surface area contributed by atoms with Gasteiger partial charge in [0.05, 0.1) is 5.92 Å². The molecule has 17 heavy (non-hydrogen) atoms. The standard InChI is InChI=1S/C13H23NO3/c1-3-10(11(15)16)9-14-12(17)13(4-2)7-5-6-8-13/h10H,3-9H2,1-2H3,(H,14,17)(H,15,16). The van der Waals surface area contributed by atoms with Crippen LogP contribution in [-0.2, 0) is 9.59 Å². The number of hydrogen-bond acceptors (Lipinski definition) is 2. The predicted octanol–water partition coefficient (Wildman–Crippen LogP) is 2.18. The van der Waals surface area contributed by atoms with Gasteiger partial charge in [-0.1, -0.05) is 26.7 Å². The Balaban J connectivity index is 2.51. The number of rotatable bonds is 6. The number of carbonyl (C=O) groups excluding carboxylic acids is 1. The number of carbonyl (C=O) groups is 2. The third-order valence-electron chi connectivity index (χ3n) is 4.07. The lowest BCUT2D eigenvalue weighted by atomic mass is 9.82. The Kier molecular flexibility index (Phi) is 4.97. The Morgan fingerprint density at radius 1 is 1.29 bits per heavy atom. The Bertz CT molecular complexity index is 282. The van der Waals surface area contributed by atoms with Crippen LogP contribution >= 0.6 is 0 Å². The van der Waals surface area contributed by atoms with Gasteiger partial charge in [0, 0.05) is 12.0 Å². The molecule has 4 nitrogen and oxygen atoms in total. The minimum Gasteiger partial charge on any atom is -0.481 e. The molecular formula is C13H23NO3. The summed E-state index contributed by atoms with van der Waals surface area (Å²) in [6, 6.07) is 0. The van der Waals surface area contributed by atoms with Crippen molar-refractivity contribution >= 4 is 11.9 Å². The lowest BCUT2D eigenvalue weighted by Gasteiger charge is -2.26. The molecule has 0 radical (unpaired) electrons. The van der Waals surface area contributed by atoms with Crippen molar-refractivity contribution in [2.24, 2.45) is 11.3 Å². The normalized spacial score (nSPS) is 19.9. The zero-order valence-corrected chi connectivity index (χ0v) is 10.8. The van der Waals surface area contributed by atoms with Crippen molar-refractivity contribution in [3.8, 4) is 0 Å². The van der Waals surface area contributed by atoms with E-state index < -0.39 is 11.9 Å². The van der Waals surface area contributed by atoms with Crippen LogP contribution < -0.4 is 5.32 Å². The Morgan fingerprint density at radius 2 is 1.88 bits per heavy atom. The quantitative estimate of drug-likeness (QED) is 0.749. The number of carboxylic acid groups (broad SMARTS) is 1. The summed E-state index contributed by atoms with van der Waals surface area (Å²) in [5.41, 5.74) is -0.225. The summed E-state index contributed by atoms with van der Waals surface area (Å²) in [5, 5.41) is 11.8. The molecule has 1 aliphatic carbocycles. The van der Waals surface area contributed by atoms with Crippen LogP contribution in [0.1, 0.15) is 52.4 Å². The summed E-state index contributed by atoms with van der Waals surface area (Å²) >= 11 is 0. The molecular weight excluding hydrogens is 218 g/mol. The van der Waals surface area contributed by atoms with Crippen molar-refractivity contribution < 1.29 is 14.7 Å². The minimum atomic E-state index is -0.829. The molecule has 98 valence electrons. The first kappa shape index (κ1) is 14.0. The van der Waals surface area contributed by atoms with Crippen molar-refractivity contribution in [3.63, 3.8) is 0 Å². The highest BCUT2D eigenvalue weighted by molar-refractivity contribution is 5.83. The fourth-order valence-corrected chi connectivity index (χ4v) is 2.60. The average molecular weight is 241 g/mol. The van der Waals surface area contributed by atoms with E-state index in [4.69, 9.17) is 5.11 Å². The van der Waals surface area contributed by atoms with Crippen LogP contribution in [0.5, 0.6) is 0 Å². The first-order valence-electron chi connectivity index (χ1n) is 6.57. The van der Waals surface area contributed by atoms with Gasteiger partial charge in [-0.05, 0) is 25.7 Å². The average Bonchev–Trinajstić information content (AvgIpc) is 2.79. The van der Waals surface area contributed by atoms with Gasteiger partial charge in [-0.15, -0.1) is 0 Å². The minimum absolute atomic E-state index is 0.0530. The molecule has 1 rings (SSSR count). The summed E-state index contributed by atoms with van der Waals surface area (Å²) in [6.07, 6.45) is 5.50. The molecule has 0 aromatic rings. The lowest BCUT2D eigenvalue weighted by molar-refractivity contribution is -0.142. The topological polar surface area (TPSA) is 66.4 Å². The molecule has 0 bridgehead atoms. The second-order valence-corrected chi connectivity index (χ2v) is 4.99. The molecule has 1 unspecified atom stereocenters. The van der Waals surface area contributed by atoms with E-state index in [1.54, 1.807) is 0 Å². The highest BCUT2D eigenvalue weighted by Gasteiger charge is 2.39. The van der Waals surface area contributed by atoms with Gasteiger partial charge in [0.1, 0.15) is 0 Å². The van der Waals surface area contributed by atoms with Crippen LogP contribution in [0.15, 0.2) is 0 Å². The second kappa shape index (κ2) is 6.03. The van der Waals surface area contributed by atoms with Crippen molar-refractivity contribution in [2.75, 3.05) is 6.54 Å². The monoisotopic (exact) mass is 241 g/mol. The number of aliphatic carboxylic acids is 1. The molecule has 1 amide bonds. The molecule has 1 atom stereocenters. The van der Waals surface area contributed by atoms with E-state index in [9.17, 15) is 9.59 Å². The number of hydrogen-bond donors (Lipinski definition) is 2. The number of nitrogens with one attached hydrogen (secondary N) is 1. The maximum Gasteiger partial charge on any atom is 0.308 e. The first-order chi connectivity index (χ1) is 8.05. The zero-order chi connectivity index (χ0) is 12.9. The van der Waals surface area contributed by atoms with E-state index in [0.717, 1.165) is 32.1 Å². The van der Waals surface area contributed by atoms with Gasteiger partial charge in [-0.2, -0.15) is 0 Å². The second-order valence-electron chi connectivity index (χ2n) is 4.99. The highest BCUT2D eigenvalue weighted by atomic mass is 16.4. The predicted molar refractivity (Wildman–Crippen MR) is 65.6 cm³/mol. The van der Waals surface area contributed by atoms with Crippen LogP contribution in [0.25, 0.3) is 0 Å². The smallest absolute Gasteiger partial charge is 0.308 e. The lowest BCUT2D eigenvalue weighted by Crippen LogP contribution is -2.42. The molecule has 4 heteroatoms. The van der Waals surface area contributed by atoms with Crippen molar-refractivity contribution in [3.05, 3.63) is 0 Å². The van der Waals surface area contributed by atoms with Crippen LogP contribution in [-0.4, -0.2) is 23.5 Å². The molecule has 0 aromatic carbocycles. The van der Waals surface area contributed by atoms with Crippen LogP contribution in [0.4, 0.5) is 0 Å². The summed E-state index contributed by atoms with van der Waals surface area (Å²) in [5.74, 6) is -1.24. The van der Waals surface area contributed by atoms with Gasteiger partial charge in [-0.25, -0.2) is 0 Å². The number of carboxylic acids is 1. The summed E-state index contributed by atoms with van der Waals surface area (Å²) < 4.78 is 0. The van der Waals surface area contributed by atoms with Gasteiger partial charge >= 0.3 is 5.97 Å². The van der Waals surface area contributed by atoms with Crippen molar-refractivity contribution in [1.29, 1.82) is 0 Å². The van der Waals surface area contributed by atoms with Gasteiger partial charge in [-0.3, -0.25) is 9.59 Å². The van der Waals surface area contributed by atoms with E-state index in [1.165, 1.54) is 0 Å². The third kappa shape index (κ3) is 3.20. The van der Waals surface area contributed by atoms with Crippen LogP contribution in [0.3, 0.4) is 0 Å². The van der Waals surface area contributed by atoms with Crippen LogP contribution in [0, 0.1) is 11.3 Å². The summed E-state index contributed by atoms with van der Waals surface area (Å²) in [7, 11) is 0. The summed E-state index contributed by atoms with van der Waals surface area (Å²) in [4.78, 5) is 23.0. The Labute approximate surface area is 103 Å². The molecule has 0 aromatic heterocycles. The Morgan fingerprint density at radius 3 is 2.29 bits per heavy atom. The SMILES string of the molecule is CCC(CNC(=O)C1(CC)CCCC1)C(=O)O. The fraction of sp³-hybridized carbons (Fsp3) is 0.846. The van der Waals surface area contributed by atoms with Crippen molar-refractivity contribution in [1.82, 2.24) is 5.32 Å². The molecule has 1 fully saturated rings. The van der Waals surface area contributed by atoms with E-state index in [0.29, 0.717) is 6.42 Å². The van der Waals surface area contributed by atoms with E-state index in [2.05, 4.69) is 5.32 Å². The third-order valence-corrected chi connectivity index (χ3v) is 4.07. The van der Waals surface area contributed by atoms with Gasteiger partial charge < -0.3 is 10.4 Å². The molecule has 0 saturated heterocycles. The zero-order valence-electron chi connectivity index (χ0n) is 10.8. The summed E-state index contributed by atoms with van der Waals surface area (Å²) in [6.45, 7) is 4.13. The van der Waals surface area contributed by atoms with Gasteiger partial charge in [0.25, 0.3) is 0 Å². The Hall–Kier alpha value is -1.06. The van der Waals surface area contributed by atoms with Crippen molar-refractivity contribution in [2.45, 2.75) is 52.4 Å². The highest BCUT2D eigenvalue weighted by Crippen LogP contribution is 2.41. The maximum absolute atomic E-state index is 12.1. The van der Waals surface area contributed by atoms with Gasteiger partial charge in [0.15, 0.2) is 0 Å². The fourth-order valence-electron chi connectivity index (χ4n) is 2.60. The first-order valence-corrected chi connectivity index (χ1v) is 6.57. The molecule has 0 aliphatic heterocycles. The molecule has 0 heterocycles. The molecule has 2 N–H and O–H groups in total. The van der Waals surface area contributed by atoms with Gasteiger partial charge in [0.2, 0.25) is 5.91 Å². The molecule has 1 aliphatic rings. The maximum atomic E-state index is 12.1. The van der Waals surface area contributed by atoms with E-state index in [1.807, 2.05) is 13.8 Å².